The van der Waals surface area contributed by atoms with Crippen LogP contribution in [0, 0.1) is 85.8 Å². The first-order chi connectivity index (χ1) is 32.7. The molecule has 0 aromatic heterocycles. The first-order valence-corrected chi connectivity index (χ1v) is 28.0. The molecular weight excluding hydrogens is 883 g/mol. The van der Waals surface area contributed by atoms with E-state index in [9.17, 15) is 35.4 Å². The van der Waals surface area contributed by atoms with Gasteiger partial charge in [-0.05, 0) is 228 Å². The summed E-state index contributed by atoms with van der Waals surface area (Å²) in [6, 6.07) is 0. The zero-order valence-corrected chi connectivity index (χ0v) is 44.7. The van der Waals surface area contributed by atoms with Crippen LogP contribution in [0.1, 0.15) is 183 Å². The molecule has 0 amide bonds. The predicted octanol–water partition coefficient (Wildman–Crippen LogP) is 7.67. The lowest BCUT2D eigenvalue weighted by Crippen LogP contribution is -2.54. The van der Waals surface area contributed by atoms with Crippen LogP contribution in [-0.2, 0) is 9.59 Å². The minimum absolute atomic E-state index is 0.0888. The van der Waals surface area contributed by atoms with Gasteiger partial charge in [0.2, 0.25) is 0 Å². The molecule has 9 rings (SSSR count). The second-order valence-corrected chi connectivity index (χ2v) is 26.3. The maximum absolute atomic E-state index is 12.3. The molecule has 70 heavy (non-hydrogen) atoms. The van der Waals surface area contributed by atoms with E-state index in [0.717, 1.165) is 90.4 Å². The molecule has 12 nitrogen and oxygen atoms in total. The Balaban J connectivity index is 0.000000166. The molecule has 13 N–H and O–H groups in total. The summed E-state index contributed by atoms with van der Waals surface area (Å²) in [4.78, 5) is 21.3. The quantitative estimate of drug-likeness (QED) is 0.115. The Morgan fingerprint density at radius 2 is 0.743 bits per heavy atom. The number of hydrogen-bond donors (Lipinski definition) is 10. The summed E-state index contributed by atoms with van der Waals surface area (Å²) in [6.07, 6.45) is 17.2. The van der Waals surface area contributed by atoms with Crippen molar-refractivity contribution in [3.8, 4) is 0 Å². The summed E-state index contributed by atoms with van der Waals surface area (Å²) in [5.74, 6) is 3.80. The fourth-order valence-corrected chi connectivity index (χ4v) is 18.1. The van der Waals surface area contributed by atoms with Crippen molar-refractivity contribution >= 4 is 11.8 Å². The molecule has 0 heterocycles. The SMILES string of the molecule is C=C1CCC2[C@H](CN)C([C@@]3(C)CC[C@H](O)C[C@@H]3O)CC[C@]12C.C=C1CCC2[C@H](CN)C([C@@]3(C)CC[C@H](O)C[C@@H]3O)CC[C@]12C.CC(=O)O.C[C@]12CCC([C@@]3(C)CC[C@H](O)C[C@@H]3O)[C@@H](CN)C1CCC2=O. The van der Waals surface area contributed by atoms with E-state index >= 15 is 0 Å². The number of hydrogen-bond acceptors (Lipinski definition) is 11. The van der Waals surface area contributed by atoms with Gasteiger partial charge in [0.1, 0.15) is 5.78 Å². The van der Waals surface area contributed by atoms with E-state index in [0.29, 0.717) is 104 Å². The number of Topliss-reactive ketones (excluding diaryl/α,β-unsaturated/α-hetero) is 1. The Labute approximate surface area is 422 Å². The highest BCUT2D eigenvalue weighted by Crippen LogP contribution is 2.65. The molecule has 9 saturated carbocycles. The lowest BCUT2D eigenvalue weighted by molar-refractivity contribution is -0.139. The van der Waals surface area contributed by atoms with Gasteiger partial charge < -0.3 is 52.9 Å². The molecule has 9 fully saturated rings. The summed E-state index contributed by atoms with van der Waals surface area (Å²) in [6.45, 7) is 25.3. The summed E-state index contributed by atoms with van der Waals surface area (Å²) >= 11 is 0. The second-order valence-electron chi connectivity index (χ2n) is 26.3. The molecule has 402 valence electrons. The highest BCUT2D eigenvalue weighted by atomic mass is 16.4. The van der Waals surface area contributed by atoms with Gasteiger partial charge in [-0.2, -0.15) is 0 Å². The number of ketones is 1. The number of allylic oxidation sites excluding steroid dienone is 2. The molecule has 6 unspecified atom stereocenters. The van der Waals surface area contributed by atoms with Crippen molar-refractivity contribution in [3.05, 3.63) is 24.3 Å². The van der Waals surface area contributed by atoms with E-state index in [1.807, 2.05) is 0 Å². The third kappa shape index (κ3) is 10.6. The average Bonchev–Trinajstić information content (AvgIpc) is 3.91. The van der Waals surface area contributed by atoms with Crippen molar-refractivity contribution in [2.24, 2.45) is 103 Å². The maximum Gasteiger partial charge on any atom is 0.300 e. The topological polar surface area (TPSA) is 254 Å². The summed E-state index contributed by atoms with van der Waals surface area (Å²) < 4.78 is 0. The number of carbonyl (C=O) groups excluding carboxylic acids is 1. The third-order valence-corrected chi connectivity index (χ3v) is 23.1. The molecule has 0 bridgehead atoms. The Kier molecular flexibility index (Phi) is 18.3. The highest BCUT2D eigenvalue weighted by Gasteiger charge is 2.60. The van der Waals surface area contributed by atoms with Crippen molar-refractivity contribution in [1.29, 1.82) is 0 Å². The van der Waals surface area contributed by atoms with Gasteiger partial charge in [0.15, 0.2) is 0 Å². The number of fused-ring (bicyclic) bond motifs is 3. The van der Waals surface area contributed by atoms with E-state index in [1.165, 1.54) is 36.8 Å². The molecule has 0 radical (unpaired) electrons. The van der Waals surface area contributed by atoms with Gasteiger partial charge in [-0.25, -0.2) is 0 Å². The normalized spacial score (nSPS) is 49.9. The van der Waals surface area contributed by atoms with Gasteiger partial charge in [-0.15, -0.1) is 0 Å². The van der Waals surface area contributed by atoms with E-state index in [1.54, 1.807) is 0 Å². The Morgan fingerprint density at radius 3 is 1.03 bits per heavy atom. The van der Waals surface area contributed by atoms with Gasteiger partial charge in [-0.1, -0.05) is 65.8 Å². The minimum Gasteiger partial charge on any atom is -0.481 e. The van der Waals surface area contributed by atoms with Crippen LogP contribution in [0.15, 0.2) is 24.3 Å². The van der Waals surface area contributed by atoms with E-state index in [-0.39, 0.29) is 50.8 Å². The van der Waals surface area contributed by atoms with E-state index < -0.39 is 24.3 Å². The van der Waals surface area contributed by atoms with Gasteiger partial charge in [0.05, 0.1) is 36.6 Å². The maximum atomic E-state index is 12.3. The number of carboxylic acids is 1. The number of carbonyl (C=O) groups is 2. The average molecular weight is 984 g/mol. The van der Waals surface area contributed by atoms with Crippen LogP contribution in [-0.4, -0.2) is 104 Å². The van der Waals surface area contributed by atoms with Gasteiger partial charge in [0, 0.05) is 18.8 Å². The molecule has 0 aromatic rings. The van der Waals surface area contributed by atoms with Crippen LogP contribution >= 0.6 is 0 Å². The van der Waals surface area contributed by atoms with Crippen LogP contribution in [0.2, 0.25) is 0 Å². The zero-order chi connectivity index (χ0) is 51.9. The van der Waals surface area contributed by atoms with Gasteiger partial charge in [-0.3, -0.25) is 9.59 Å². The minimum atomic E-state index is -0.833. The smallest absolute Gasteiger partial charge is 0.300 e. The third-order valence-electron chi connectivity index (χ3n) is 23.1. The summed E-state index contributed by atoms with van der Waals surface area (Å²) in [5, 5.41) is 69.0. The zero-order valence-electron chi connectivity index (χ0n) is 44.7. The number of rotatable bonds is 6. The lowest BCUT2D eigenvalue weighted by atomic mass is 9.51. The number of nitrogens with two attached hydrogens (primary N) is 3. The van der Waals surface area contributed by atoms with Crippen LogP contribution in [0.25, 0.3) is 0 Å². The number of aliphatic hydroxyl groups excluding tert-OH is 6. The van der Waals surface area contributed by atoms with Crippen molar-refractivity contribution in [2.45, 2.75) is 220 Å². The van der Waals surface area contributed by atoms with Crippen molar-refractivity contribution in [1.82, 2.24) is 0 Å². The monoisotopic (exact) mass is 984 g/mol. The van der Waals surface area contributed by atoms with Crippen LogP contribution in [0.5, 0.6) is 0 Å². The largest absolute Gasteiger partial charge is 0.481 e. The van der Waals surface area contributed by atoms with E-state index in [2.05, 4.69) is 54.7 Å². The number of aliphatic hydroxyl groups is 6. The van der Waals surface area contributed by atoms with Gasteiger partial charge in [0.25, 0.3) is 5.97 Å². The molecule has 21 atom stereocenters. The van der Waals surface area contributed by atoms with Gasteiger partial charge >= 0.3 is 0 Å². The van der Waals surface area contributed by atoms with Crippen molar-refractivity contribution < 1.29 is 45.3 Å². The molecule has 0 spiro atoms. The molecule has 0 aliphatic heterocycles. The summed E-state index contributed by atoms with van der Waals surface area (Å²) in [5.41, 5.74) is 21.4. The fourth-order valence-electron chi connectivity index (χ4n) is 18.1. The fraction of sp³-hybridized carbons (Fsp3) is 0.897. The number of carboxylic acid groups (broad SMARTS) is 1. The van der Waals surface area contributed by atoms with E-state index in [4.69, 9.17) is 27.1 Å². The second kappa shape index (κ2) is 22.2. The van der Waals surface area contributed by atoms with Crippen LogP contribution in [0.3, 0.4) is 0 Å². The lowest BCUT2D eigenvalue weighted by Gasteiger charge is -2.55. The highest BCUT2D eigenvalue weighted by molar-refractivity contribution is 5.87. The first-order valence-electron chi connectivity index (χ1n) is 28.0. The molecule has 0 saturated heterocycles. The molecule has 9 aliphatic carbocycles. The van der Waals surface area contributed by atoms with Crippen molar-refractivity contribution in [3.63, 3.8) is 0 Å². The van der Waals surface area contributed by atoms with Crippen LogP contribution in [0.4, 0.5) is 0 Å². The molecular formula is C58H101N3O9. The Hall–Kier alpha value is -1.74. The molecule has 0 aromatic carbocycles. The standard InChI is InChI=1S/2C19H33NO2.C18H31NO3.C2H4O2/c2*1-12-4-5-15-14(11-20)16(7-9-18(12,15)2)19(3)8-6-13(21)10-17(19)22;1-17-8-6-14(12(10-19)13(17)3-4-15(17)21)18(2)7-5-11(20)9-16(18)22;1-2(3)4/h2*13-17,21-22H,1,4-11,20H2,2-3H3;11-14,16,20,22H,3-10,19H2,1-2H3;1H3,(H,3,4)/t2*13-,14-,15?,16?,17-,18+,19+;11-,12-,13?,14?,16-,17-,18+;/m000./s1. The molecule has 12 heteroatoms. The van der Waals surface area contributed by atoms with Crippen molar-refractivity contribution in [2.75, 3.05) is 19.6 Å². The Bertz CT molecular complexity index is 1650. The predicted molar refractivity (Wildman–Crippen MR) is 277 cm³/mol. The first kappa shape index (κ1) is 57.5. The van der Waals surface area contributed by atoms with Crippen LogP contribution < -0.4 is 17.2 Å². The number of aliphatic carboxylic acids is 1. The summed E-state index contributed by atoms with van der Waals surface area (Å²) in [7, 11) is 0. The Morgan fingerprint density at radius 1 is 0.471 bits per heavy atom. The molecule has 9 aliphatic rings.